The normalized spacial score (nSPS) is 17.8. The molecule has 27 heavy (non-hydrogen) atoms. The van der Waals surface area contributed by atoms with Gasteiger partial charge < -0.3 is 14.4 Å². The second-order valence-electron chi connectivity index (χ2n) is 5.79. The number of hydrogen-bond acceptors (Lipinski definition) is 5. The van der Waals surface area contributed by atoms with Gasteiger partial charge in [0.05, 0.1) is 26.2 Å². The summed E-state index contributed by atoms with van der Waals surface area (Å²) in [6.07, 6.45) is -0.792. The molecule has 2 atom stereocenters. The lowest BCUT2D eigenvalue weighted by molar-refractivity contribution is -0.154. The van der Waals surface area contributed by atoms with Crippen molar-refractivity contribution in [3.05, 3.63) is 34.9 Å². The first-order valence-electron chi connectivity index (χ1n) is 8.10. The Morgan fingerprint density at radius 1 is 1.22 bits per heavy atom. The molecule has 148 valence electrons. The molecular formula is C17H17F4NO5. The van der Waals surface area contributed by atoms with Crippen molar-refractivity contribution in [2.45, 2.75) is 38.3 Å². The highest BCUT2D eigenvalue weighted by molar-refractivity contribution is 5.89. The van der Waals surface area contributed by atoms with Crippen LogP contribution in [0.2, 0.25) is 0 Å². The van der Waals surface area contributed by atoms with Crippen LogP contribution in [-0.4, -0.2) is 42.5 Å². The zero-order chi connectivity index (χ0) is 20.3. The van der Waals surface area contributed by atoms with Gasteiger partial charge in [0, 0.05) is 12.0 Å². The molecule has 0 bridgehead atoms. The van der Waals surface area contributed by atoms with Crippen LogP contribution in [0.3, 0.4) is 0 Å². The summed E-state index contributed by atoms with van der Waals surface area (Å²) in [5.74, 6) is -9.94. The second kappa shape index (κ2) is 8.36. The van der Waals surface area contributed by atoms with Crippen molar-refractivity contribution in [1.29, 1.82) is 0 Å². The predicted molar refractivity (Wildman–Crippen MR) is 82.1 cm³/mol. The van der Waals surface area contributed by atoms with Gasteiger partial charge in [-0.3, -0.25) is 9.59 Å². The summed E-state index contributed by atoms with van der Waals surface area (Å²) in [5.41, 5.74) is -0.774. The SMILES string of the molecule is CCOC(=O)CC(c1cc(F)c(F)c(F)c1F)N1C(=O)CCC1C(=O)OC. The lowest BCUT2D eigenvalue weighted by Gasteiger charge is -2.32. The van der Waals surface area contributed by atoms with E-state index >= 15 is 0 Å². The highest BCUT2D eigenvalue weighted by Gasteiger charge is 2.44. The van der Waals surface area contributed by atoms with Gasteiger partial charge in [-0.25, -0.2) is 22.4 Å². The van der Waals surface area contributed by atoms with Gasteiger partial charge in [-0.15, -0.1) is 0 Å². The molecule has 1 aromatic rings. The first kappa shape index (κ1) is 20.7. The summed E-state index contributed by atoms with van der Waals surface area (Å²) >= 11 is 0. The van der Waals surface area contributed by atoms with Crippen LogP contribution >= 0.6 is 0 Å². The Morgan fingerprint density at radius 2 is 1.89 bits per heavy atom. The van der Waals surface area contributed by atoms with Crippen molar-refractivity contribution in [3.63, 3.8) is 0 Å². The molecule has 1 aliphatic rings. The van der Waals surface area contributed by atoms with Crippen molar-refractivity contribution in [2.75, 3.05) is 13.7 Å². The Kier molecular flexibility index (Phi) is 6.40. The van der Waals surface area contributed by atoms with E-state index in [0.29, 0.717) is 6.07 Å². The van der Waals surface area contributed by atoms with Crippen molar-refractivity contribution >= 4 is 17.8 Å². The molecule has 1 saturated heterocycles. The quantitative estimate of drug-likeness (QED) is 0.322. The zero-order valence-electron chi connectivity index (χ0n) is 14.6. The van der Waals surface area contributed by atoms with Gasteiger partial charge in [-0.05, 0) is 19.4 Å². The molecule has 1 heterocycles. The van der Waals surface area contributed by atoms with E-state index in [2.05, 4.69) is 4.74 Å². The van der Waals surface area contributed by atoms with Gasteiger partial charge in [0.15, 0.2) is 23.3 Å². The van der Waals surface area contributed by atoms with Crippen LogP contribution in [-0.2, 0) is 23.9 Å². The molecular weight excluding hydrogens is 374 g/mol. The molecule has 10 heteroatoms. The minimum Gasteiger partial charge on any atom is -0.467 e. The molecule has 1 aliphatic heterocycles. The zero-order valence-corrected chi connectivity index (χ0v) is 14.6. The summed E-state index contributed by atoms with van der Waals surface area (Å²) in [4.78, 5) is 37.0. The van der Waals surface area contributed by atoms with E-state index in [1.54, 1.807) is 0 Å². The Balaban J connectivity index is 2.57. The third-order valence-electron chi connectivity index (χ3n) is 4.22. The lowest BCUT2D eigenvalue weighted by Crippen LogP contribution is -2.43. The van der Waals surface area contributed by atoms with Crippen LogP contribution < -0.4 is 0 Å². The number of halogens is 4. The smallest absolute Gasteiger partial charge is 0.328 e. The number of carbonyl (C=O) groups is 3. The van der Waals surface area contributed by atoms with E-state index in [0.717, 1.165) is 12.0 Å². The van der Waals surface area contributed by atoms with E-state index in [1.807, 2.05) is 0 Å². The number of ether oxygens (including phenoxy) is 2. The van der Waals surface area contributed by atoms with E-state index in [-0.39, 0.29) is 19.4 Å². The van der Waals surface area contributed by atoms with E-state index in [4.69, 9.17) is 4.74 Å². The van der Waals surface area contributed by atoms with Crippen LogP contribution in [0.1, 0.15) is 37.8 Å². The molecule has 0 spiro atoms. The number of benzene rings is 1. The topological polar surface area (TPSA) is 72.9 Å². The van der Waals surface area contributed by atoms with Gasteiger partial charge in [-0.2, -0.15) is 0 Å². The molecule has 6 nitrogen and oxygen atoms in total. The molecule has 0 radical (unpaired) electrons. The van der Waals surface area contributed by atoms with E-state index in [9.17, 15) is 31.9 Å². The fourth-order valence-corrected chi connectivity index (χ4v) is 3.03. The highest BCUT2D eigenvalue weighted by atomic mass is 19.2. The van der Waals surface area contributed by atoms with Crippen molar-refractivity contribution in [2.24, 2.45) is 0 Å². The lowest BCUT2D eigenvalue weighted by atomic mass is 9.99. The number of amides is 1. The molecule has 1 aromatic carbocycles. The fourth-order valence-electron chi connectivity index (χ4n) is 3.03. The molecule has 1 amide bonds. The maximum absolute atomic E-state index is 14.3. The number of rotatable bonds is 6. The number of nitrogens with zero attached hydrogens (tertiary/aromatic N) is 1. The van der Waals surface area contributed by atoms with Gasteiger partial charge >= 0.3 is 11.9 Å². The molecule has 0 N–H and O–H groups in total. The molecule has 0 aromatic heterocycles. The van der Waals surface area contributed by atoms with Crippen LogP contribution in [0, 0.1) is 23.3 Å². The maximum Gasteiger partial charge on any atom is 0.328 e. The molecule has 0 aliphatic carbocycles. The van der Waals surface area contributed by atoms with Crippen LogP contribution in [0.4, 0.5) is 17.6 Å². The molecule has 1 fully saturated rings. The van der Waals surface area contributed by atoms with Gasteiger partial charge in [0.25, 0.3) is 0 Å². The second-order valence-corrected chi connectivity index (χ2v) is 5.79. The molecule has 2 rings (SSSR count). The molecule has 2 unspecified atom stereocenters. The number of methoxy groups -OCH3 is 1. The number of likely N-dealkylation sites (tertiary alicyclic amines) is 1. The van der Waals surface area contributed by atoms with Crippen LogP contribution in [0.15, 0.2) is 6.07 Å². The predicted octanol–water partition coefficient (Wildman–Crippen LogP) is 2.40. The number of hydrogen-bond donors (Lipinski definition) is 0. The number of carbonyl (C=O) groups excluding carboxylic acids is 3. The third kappa shape index (κ3) is 4.04. The van der Waals surface area contributed by atoms with Gasteiger partial charge in [-0.1, -0.05) is 0 Å². The Hall–Kier alpha value is -2.65. The largest absolute Gasteiger partial charge is 0.467 e. The van der Waals surface area contributed by atoms with Crippen molar-refractivity contribution < 1.29 is 41.4 Å². The maximum atomic E-state index is 14.3. The van der Waals surface area contributed by atoms with Crippen molar-refractivity contribution in [1.82, 2.24) is 4.90 Å². The van der Waals surface area contributed by atoms with Gasteiger partial charge in [0.2, 0.25) is 5.91 Å². The summed E-state index contributed by atoms with van der Waals surface area (Å²) in [6, 6.07) is -2.40. The summed E-state index contributed by atoms with van der Waals surface area (Å²) < 4.78 is 64.4. The van der Waals surface area contributed by atoms with Crippen molar-refractivity contribution in [3.8, 4) is 0 Å². The summed E-state index contributed by atoms with van der Waals surface area (Å²) in [7, 11) is 1.07. The Morgan fingerprint density at radius 3 is 2.48 bits per heavy atom. The first-order chi connectivity index (χ1) is 12.7. The highest BCUT2D eigenvalue weighted by Crippen LogP contribution is 2.36. The Bertz CT molecular complexity index is 770. The third-order valence-corrected chi connectivity index (χ3v) is 4.22. The Labute approximate surface area is 152 Å². The van der Waals surface area contributed by atoms with E-state index in [1.165, 1.54) is 6.92 Å². The van der Waals surface area contributed by atoms with E-state index < -0.39 is 65.2 Å². The molecule has 0 saturated carbocycles. The fraction of sp³-hybridized carbons (Fsp3) is 0.471. The van der Waals surface area contributed by atoms with Crippen LogP contribution in [0.5, 0.6) is 0 Å². The number of esters is 2. The average Bonchev–Trinajstić information content (AvgIpc) is 3.02. The van der Waals surface area contributed by atoms with Crippen LogP contribution in [0.25, 0.3) is 0 Å². The first-order valence-corrected chi connectivity index (χ1v) is 8.10. The summed E-state index contributed by atoms with van der Waals surface area (Å²) in [6.45, 7) is 1.47. The minimum atomic E-state index is -2.08. The minimum absolute atomic E-state index is 0.0125. The summed E-state index contributed by atoms with van der Waals surface area (Å²) in [5, 5.41) is 0. The monoisotopic (exact) mass is 391 g/mol. The van der Waals surface area contributed by atoms with Gasteiger partial charge in [0.1, 0.15) is 6.04 Å². The average molecular weight is 391 g/mol. The standard InChI is InChI=1S/C17H17F4NO5/c1-3-27-13(24)7-11(8-6-9(18)15(20)16(21)14(8)19)22-10(17(25)26-2)4-5-12(22)23/h6,10-11H,3-5,7H2,1-2H3.